The third kappa shape index (κ3) is 5.31. The second-order valence-electron chi connectivity index (χ2n) is 4.75. The second-order valence-corrected chi connectivity index (χ2v) is 5.54. The van der Waals surface area contributed by atoms with Gasteiger partial charge in [-0.3, -0.25) is 0 Å². The third-order valence-electron chi connectivity index (χ3n) is 2.88. The van der Waals surface area contributed by atoms with E-state index in [0.717, 1.165) is 41.1 Å². The molecule has 0 atom stereocenters. The lowest BCUT2D eigenvalue weighted by atomic mass is 10.1. The van der Waals surface area contributed by atoms with Gasteiger partial charge in [0.1, 0.15) is 16.0 Å². The molecule has 0 saturated heterocycles. The number of ether oxygens (including phenoxy) is 3. The quantitative estimate of drug-likeness (QED) is 0.698. The Balaban J connectivity index is 2.46. The summed E-state index contributed by atoms with van der Waals surface area (Å²) >= 11 is 3.50. The number of hydrogen-bond donors (Lipinski definition) is 1. The van der Waals surface area contributed by atoms with Crippen molar-refractivity contribution >= 4 is 15.9 Å². The zero-order chi connectivity index (χ0) is 15.0. The molecule has 0 fully saturated rings. The summed E-state index contributed by atoms with van der Waals surface area (Å²) in [6.45, 7) is 6.52. The fourth-order valence-corrected chi connectivity index (χ4v) is 2.57. The van der Waals surface area contributed by atoms with E-state index in [1.54, 1.807) is 14.2 Å². The van der Waals surface area contributed by atoms with Gasteiger partial charge in [0.15, 0.2) is 0 Å². The second kappa shape index (κ2) is 9.21. The number of benzene rings is 1. The van der Waals surface area contributed by atoms with Gasteiger partial charge in [0.25, 0.3) is 0 Å². The first-order valence-corrected chi connectivity index (χ1v) is 7.60. The molecule has 4 nitrogen and oxygen atoms in total. The average Bonchev–Trinajstić information content (AvgIpc) is 2.42. The van der Waals surface area contributed by atoms with E-state index in [9.17, 15) is 0 Å². The Morgan fingerprint density at radius 3 is 2.50 bits per heavy atom. The molecule has 1 aromatic rings. The highest BCUT2D eigenvalue weighted by Gasteiger charge is 2.12. The van der Waals surface area contributed by atoms with E-state index in [-0.39, 0.29) is 0 Å². The van der Waals surface area contributed by atoms with Gasteiger partial charge >= 0.3 is 0 Å². The number of rotatable bonds is 9. The van der Waals surface area contributed by atoms with Crippen LogP contribution in [0.5, 0.6) is 11.5 Å². The summed E-state index contributed by atoms with van der Waals surface area (Å²) < 4.78 is 17.2. The van der Waals surface area contributed by atoms with Crippen molar-refractivity contribution in [2.24, 2.45) is 0 Å². The number of nitrogens with one attached hydrogen (secondary N) is 1. The normalized spacial score (nSPS) is 10.9. The number of halogens is 1. The summed E-state index contributed by atoms with van der Waals surface area (Å²) in [5.74, 6) is 1.58. The molecule has 0 amide bonds. The molecule has 0 heterocycles. The summed E-state index contributed by atoms with van der Waals surface area (Å²) in [5.41, 5.74) is 1.11. The maximum Gasteiger partial charge on any atom is 0.140 e. The van der Waals surface area contributed by atoms with Gasteiger partial charge in [0, 0.05) is 12.6 Å². The molecule has 0 aliphatic carbocycles. The minimum atomic E-state index is 0.497. The first kappa shape index (κ1) is 17.3. The predicted molar refractivity (Wildman–Crippen MR) is 84.9 cm³/mol. The zero-order valence-electron chi connectivity index (χ0n) is 12.7. The molecule has 20 heavy (non-hydrogen) atoms. The lowest BCUT2D eigenvalue weighted by Crippen LogP contribution is -2.26. The molecule has 1 aromatic carbocycles. The van der Waals surface area contributed by atoms with Crippen molar-refractivity contribution in [1.29, 1.82) is 0 Å². The van der Waals surface area contributed by atoms with Crippen LogP contribution in [0.25, 0.3) is 0 Å². The molecular formula is C15H24BrNO3. The predicted octanol–water partition coefficient (Wildman–Crippen LogP) is 3.02. The SMILES string of the molecule is COc1ccc(CCOCCNC(C)C)c(OC)c1Br. The smallest absolute Gasteiger partial charge is 0.140 e. The number of hydrogen-bond acceptors (Lipinski definition) is 4. The lowest BCUT2D eigenvalue weighted by Gasteiger charge is -2.14. The van der Waals surface area contributed by atoms with Crippen molar-refractivity contribution in [3.63, 3.8) is 0 Å². The highest BCUT2D eigenvalue weighted by molar-refractivity contribution is 9.10. The van der Waals surface area contributed by atoms with Gasteiger partial charge in [-0.2, -0.15) is 0 Å². The van der Waals surface area contributed by atoms with E-state index in [2.05, 4.69) is 35.1 Å². The van der Waals surface area contributed by atoms with Gasteiger partial charge in [-0.05, 0) is 34.0 Å². The molecule has 5 heteroatoms. The average molecular weight is 346 g/mol. The molecule has 1 N–H and O–H groups in total. The zero-order valence-corrected chi connectivity index (χ0v) is 14.2. The highest BCUT2D eigenvalue weighted by atomic mass is 79.9. The van der Waals surface area contributed by atoms with Crippen molar-refractivity contribution in [2.75, 3.05) is 34.0 Å². The van der Waals surface area contributed by atoms with Crippen LogP contribution < -0.4 is 14.8 Å². The molecule has 0 unspecified atom stereocenters. The van der Waals surface area contributed by atoms with Crippen LogP contribution in [-0.2, 0) is 11.2 Å². The van der Waals surface area contributed by atoms with Crippen LogP contribution in [0.2, 0.25) is 0 Å². The van der Waals surface area contributed by atoms with Gasteiger partial charge in [0.05, 0.1) is 27.4 Å². The van der Waals surface area contributed by atoms with Gasteiger partial charge in [-0.25, -0.2) is 0 Å². The van der Waals surface area contributed by atoms with Crippen molar-refractivity contribution < 1.29 is 14.2 Å². The Morgan fingerprint density at radius 2 is 1.90 bits per heavy atom. The van der Waals surface area contributed by atoms with Gasteiger partial charge in [0.2, 0.25) is 0 Å². The molecular weight excluding hydrogens is 322 g/mol. The molecule has 114 valence electrons. The molecule has 0 bridgehead atoms. The largest absolute Gasteiger partial charge is 0.495 e. The van der Waals surface area contributed by atoms with Crippen molar-refractivity contribution in [3.8, 4) is 11.5 Å². The maximum atomic E-state index is 5.62. The molecule has 1 rings (SSSR count). The van der Waals surface area contributed by atoms with E-state index in [0.29, 0.717) is 12.6 Å². The molecule has 0 saturated carbocycles. The summed E-state index contributed by atoms with van der Waals surface area (Å²) in [7, 11) is 3.31. The molecule has 0 aliphatic heterocycles. The van der Waals surface area contributed by atoms with Gasteiger partial charge in [-0.1, -0.05) is 19.9 Å². The Kier molecular flexibility index (Phi) is 7.95. The Bertz CT molecular complexity index is 410. The molecule has 0 radical (unpaired) electrons. The van der Waals surface area contributed by atoms with Crippen LogP contribution in [0.1, 0.15) is 19.4 Å². The molecule has 0 aromatic heterocycles. The van der Waals surface area contributed by atoms with Crippen molar-refractivity contribution in [2.45, 2.75) is 26.3 Å². The monoisotopic (exact) mass is 345 g/mol. The first-order chi connectivity index (χ1) is 9.60. The highest BCUT2D eigenvalue weighted by Crippen LogP contribution is 2.37. The van der Waals surface area contributed by atoms with Crippen LogP contribution >= 0.6 is 15.9 Å². The van der Waals surface area contributed by atoms with Crippen LogP contribution in [0.3, 0.4) is 0 Å². The van der Waals surface area contributed by atoms with Crippen molar-refractivity contribution in [3.05, 3.63) is 22.2 Å². The minimum Gasteiger partial charge on any atom is -0.495 e. The van der Waals surface area contributed by atoms with Crippen molar-refractivity contribution in [1.82, 2.24) is 5.32 Å². The maximum absolute atomic E-state index is 5.62. The Hall–Kier alpha value is -0.780. The van der Waals surface area contributed by atoms with Gasteiger partial charge < -0.3 is 19.5 Å². The third-order valence-corrected chi connectivity index (χ3v) is 3.63. The molecule has 0 aliphatic rings. The first-order valence-electron chi connectivity index (χ1n) is 6.80. The van der Waals surface area contributed by atoms with Crippen LogP contribution in [-0.4, -0.2) is 40.0 Å². The fourth-order valence-electron chi connectivity index (χ4n) is 1.86. The van der Waals surface area contributed by atoms with Crippen LogP contribution in [0, 0.1) is 0 Å². The lowest BCUT2D eigenvalue weighted by molar-refractivity contribution is 0.137. The van der Waals surface area contributed by atoms with E-state index in [4.69, 9.17) is 14.2 Å². The van der Waals surface area contributed by atoms with E-state index in [1.807, 2.05) is 12.1 Å². The van der Waals surface area contributed by atoms with E-state index >= 15 is 0 Å². The summed E-state index contributed by atoms with van der Waals surface area (Å²) in [5, 5.41) is 3.32. The van der Waals surface area contributed by atoms with Crippen LogP contribution in [0.15, 0.2) is 16.6 Å². The minimum absolute atomic E-state index is 0.497. The Morgan fingerprint density at radius 1 is 1.15 bits per heavy atom. The summed E-state index contributed by atoms with van der Waals surface area (Å²) in [6, 6.07) is 4.44. The van der Waals surface area contributed by atoms with E-state index < -0.39 is 0 Å². The van der Waals surface area contributed by atoms with Crippen LogP contribution in [0.4, 0.5) is 0 Å². The fraction of sp³-hybridized carbons (Fsp3) is 0.600. The van der Waals surface area contributed by atoms with E-state index in [1.165, 1.54) is 0 Å². The topological polar surface area (TPSA) is 39.7 Å². The van der Waals surface area contributed by atoms with Gasteiger partial charge in [-0.15, -0.1) is 0 Å². The summed E-state index contributed by atoms with van der Waals surface area (Å²) in [6.07, 6.45) is 0.813. The Labute approximate surface area is 129 Å². The molecule has 0 spiro atoms. The standard InChI is InChI=1S/C15H24BrNO3/c1-11(2)17-8-10-20-9-7-12-5-6-13(18-3)14(16)15(12)19-4/h5-6,11,17H,7-10H2,1-4H3. The summed E-state index contributed by atoms with van der Waals surface area (Å²) in [4.78, 5) is 0. The number of methoxy groups -OCH3 is 2.